The molecular weight excluding hydrogens is 449 g/mol. The van der Waals surface area contributed by atoms with E-state index >= 15 is 0 Å². The molecule has 0 atom stereocenters. The van der Waals surface area contributed by atoms with Gasteiger partial charge in [0.2, 0.25) is 17.7 Å². The van der Waals surface area contributed by atoms with Gasteiger partial charge < -0.3 is 14.7 Å². The van der Waals surface area contributed by atoms with Crippen LogP contribution in [0.5, 0.6) is 0 Å². The molecule has 1 saturated carbocycles. The number of aryl methyl sites for hydroxylation is 1. The van der Waals surface area contributed by atoms with E-state index < -0.39 is 5.54 Å². The molecule has 1 N–H and O–H groups in total. The number of hydrogen-bond donors (Lipinski definition) is 1. The molecule has 1 aromatic heterocycles. The van der Waals surface area contributed by atoms with Gasteiger partial charge in [-0.1, -0.05) is 49.0 Å². The summed E-state index contributed by atoms with van der Waals surface area (Å²) in [5.74, 6) is 0.726. The van der Waals surface area contributed by atoms with Crippen LogP contribution in [0.1, 0.15) is 75.6 Å². The van der Waals surface area contributed by atoms with Gasteiger partial charge in [-0.05, 0) is 25.3 Å². The van der Waals surface area contributed by atoms with Crippen LogP contribution in [0.15, 0.2) is 28.8 Å². The normalized spacial score (nSPS) is 19.1. The van der Waals surface area contributed by atoms with Crippen LogP contribution in [-0.2, 0) is 28.1 Å². The van der Waals surface area contributed by atoms with E-state index in [1.165, 1.54) is 13.0 Å². The van der Waals surface area contributed by atoms with E-state index in [0.717, 1.165) is 51.5 Å². The van der Waals surface area contributed by atoms with E-state index in [1.54, 1.807) is 6.07 Å². The van der Waals surface area contributed by atoms with Crippen molar-refractivity contribution in [1.29, 1.82) is 0 Å². The number of nitrogens with zero attached hydrogens (tertiary/aromatic N) is 4. The molecular formula is C26H36FN5O3. The summed E-state index contributed by atoms with van der Waals surface area (Å²) in [5.41, 5.74) is 0.103. The molecule has 1 saturated heterocycles. The molecule has 1 aliphatic carbocycles. The first-order valence-electron chi connectivity index (χ1n) is 12.8. The fourth-order valence-electron chi connectivity index (χ4n) is 5.24. The highest BCUT2D eigenvalue weighted by Crippen LogP contribution is 2.34. The highest BCUT2D eigenvalue weighted by atomic mass is 19.1. The fraction of sp³-hybridized carbons (Fsp3) is 0.615. The van der Waals surface area contributed by atoms with Gasteiger partial charge in [0.15, 0.2) is 5.82 Å². The predicted octanol–water partition coefficient (Wildman–Crippen LogP) is 3.56. The van der Waals surface area contributed by atoms with Crippen molar-refractivity contribution in [3.8, 4) is 0 Å². The average Bonchev–Trinajstić information content (AvgIpc) is 3.03. The molecule has 0 unspecified atom stereocenters. The Balaban J connectivity index is 1.31. The van der Waals surface area contributed by atoms with Crippen molar-refractivity contribution in [2.75, 3.05) is 26.2 Å². The second-order valence-electron chi connectivity index (χ2n) is 9.79. The second-order valence-corrected chi connectivity index (χ2v) is 9.79. The number of rotatable bonds is 7. The first kappa shape index (κ1) is 25.3. The summed E-state index contributed by atoms with van der Waals surface area (Å²) in [6.07, 6.45) is 7.38. The summed E-state index contributed by atoms with van der Waals surface area (Å²) >= 11 is 0. The zero-order chi connectivity index (χ0) is 24.7. The number of benzene rings is 1. The minimum atomic E-state index is -0.583. The molecule has 0 spiro atoms. The molecule has 2 amide bonds. The monoisotopic (exact) mass is 485 g/mol. The van der Waals surface area contributed by atoms with Crippen molar-refractivity contribution in [3.05, 3.63) is 47.4 Å². The van der Waals surface area contributed by atoms with Crippen molar-refractivity contribution in [2.24, 2.45) is 0 Å². The number of carbonyl (C=O) groups excluding carboxylic acids is 2. The van der Waals surface area contributed by atoms with E-state index in [-0.39, 0.29) is 17.6 Å². The lowest BCUT2D eigenvalue weighted by atomic mass is 9.89. The zero-order valence-electron chi connectivity index (χ0n) is 20.6. The van der Waals surface area contributed by atoms with Crippen LogP contribution in [0.3, 0.4) is 0 Å². The van der Waals surface area contributed by atoms with Crippen LogP contribution < -0.4 is 5.32 Å². The smallest absolute Gasteiger partial charge is 0.227 e. The predicted molar refractivity (Wildman–Crippen MR) is 129 cm³/mol. The Hall–Kier alpha value is -2.81. The summed E-state index contributed by atoms with van der Waals surface area (Å²) in [6, 6.07) is 6.85. The number of nitrogens with one attached hydrogen (secondary N) is 1. The van der Waals surface area contributed by atoms with Crippen molar-refractivity contribution < 1.29 is 18.5 Å². The van der Waals surface area contributed by atoms with Crippen LogP contribution in [0.2, 0.25) is 0 Å². The Bertz CT molecular complexity index is 1000. The van der Waals surface area contributed by atoms with Crippen molar-refractivity contribution >= 4 is 11.8 Å². The van der Waals surface area contributed by atoms with E-state index in [1.807, 2.05) is 17.0 Å². The van der Waals surface area contributed by atoms with Gasteiger partial charge in [0.05, 0.1) is 0 Å². The average molecular weight is 486 g/mol. The Labute approximate surface area is 206 Å². The Kier molecular flexibility index (Phi) is 8.49. The topological polar surface area (TPSA) is 91.6 Å². The molecule has 35 heavy (non-hydrogen) atoms. The standard InChI is InChI=1S/C26H36FN5O3/c1-20(33)29-26(13-6-2-3-7-14-26)25-28-23(35-30-25)11-12-24(34)32-16-8-15-31(17-18-32)19-21-9-4-5-10-22(21)27/h4-5,9-10H,2-3,6-8,11-19H2,1H3,(H,29,33). The summed E-state index contributed by atoms with van der Waals surface area (Å²) in [7, 11) is 0. The summed E-state index contributed by atoms with van der Waals surface area (Å²) in [5, 5.41) is 7.29. The SMILES string of the molecule is CC(=O)NC1(c2noc(CCC(=O)N3CCCN(Cc4ccccc4F)CC3)n2)CCCCCC1. The molecule has 8 nitrogen and oxygen atoms in total. The third-order valence-corrected chi connectivity index (χ3v) is 7.11. The fourth-order valence-corrected chi connectivity index (χ4v) is 5.24. The Morgan fingerprint density at radius 1 is 1.06 bits per heavy atom. The van der Waals surface area contributed by atoms with E-state index in [9.17, 15) is 14.0 Å². The van der Waals surface area contributed by atoms with Gasteiger partial charge >= 0.3 is 0 Å². The maximum Gasteiger partial charge on any atom is 0.227 e. The number of aromatic nitrogens is 2. The molecule has 2 fully saturated rings. The molecule has 1 aromatic carbocycles. The molecule has 2 heterocycles. The van der Waals surface area contributed by atoms with Gasteiger partial charge in [-0.25, -0.2) is 4.39 Å². The number of carbonyl (C=O) groups is 2. The van der Waals surface area contributed by atoms with E-state index in [2.05, 4.69) is 20.4 Å². The van der Waals surface area contributed by atoms with E-state index in [4.69, 9.17) is 4.52 Å². The van der Waals surface area contributed by atoms with Gasteiger partial charge in [-0.15, -0.1) is 0 Å². The first-order chi connectivity index (χ1) is 16.9. The third-order valence-electron chi connectivity index (χ3n) is 7.11. The lowest BCUT2D eigenvalue weighted by Gasteiger charge is -2.30. The lowest BCUT2D eigenvalue weighted by Crippen LogP contribution is -2.45. The Morgan fingerprint density at radius 3 is 2.57 bits per heavy atom. The van der Waals surface area contributed by atoms with Crippen LogP contribution in [0.25, 0.3) is 0 Å². The molecule has 1 aliphatic heterocycles. The molecule has 0 radical (unpaired) electrons. The highest BCUT2D eigenvalue weighted by Gasteiger charge is 2.38. The van der Waals surface area contributed by atoms with Crippen LogP contribution in [0, 0.1) is 5.82 Å². The van der Waals surface area contributed by atoms with Gasteiger partial charge in [0.1, 0.15) is 11.4 Å². The van der Waals surface area contributed by atoms with Gasteiger partial charge in [-0.3, -0.25) is 14.5 Å². The molecule has 0 bridgehead atoms. The van der Waals surface area contributed by atoms with Crippen LogP contribution in [-0.4, -0.2) is 57.9 Å². The van der Waals surface area contributed by atoms with Crippen molar-refractivity contribution in [3.63, 3.8) is 0 Å². The molecule has 190 valence electrons. The quantitative estimate of drug-likeness (QED) is 0.603. The summed E-state index contributed by atoms with van der Waals surface area (Å²) < 4.78 is 19.5. The number of amides is 2. The van der Waals surface area contributed by atoms with Crippen LogP contribution >= 0.6 is 0 Å². The largest absolute Gasteiger partial charge is 0.343 e. The van der Waals surface area contributed by atoms with E-state index in [0.29, 0.717) is 56.3 Å². The van der Waals surface area contributed by atoms with Gasteiger partial charge in [0.25, 0.3) is 0 Å². The minimum Gasteiger partial charge on any atom is -0.343 e. The number of hydrogen-bond acceptors (Lipinski definition) is 6. The third kappa shape index (κ3) is 6.66. The molecule has 4 rings (SSSR count). The summed E-state index contributed by atoms with van der Waals surface area (Å²) in [6.45, 7) is 4.92. The maximum atomic E-state index is 14.0. The van der Waals surface area contributed by atoms with Gasteiger partial charge in [-0.2, -0.15) is 4.98 Å². The lowest BCUT2D eigenvalue weighted by molar-refractivity contribution is -0.131. The van der Waals surface area contributed by atoms with Crippen molar-refractivity contribution in [2.45, 2.75) is 76.8 Å². The highest BCUT2D eigenvalue weighted by molar-refractivity contribution is 5.76. The molecule has 9 heteroatoms. The second kappa shape index (κ2) is 11.7. The van der Waals surface area contributed by atoms with Gasteiger partial charge in [0, 0.05) is 58.1 Å². The number of halogens is 1. The first-order valence-corrected chi connectivity index (χ1v) is 12.8. The van der Waals surface area contributed by atoms with Crippen LogP contribution in [0.4, 0.5) is 4.39 Å². The zero-order valence-corrected chi connectivity index (χ0v) is 20.6. The van der Waals surface area contributed by atoms with Crippen molar-refractivity contribution in [1.82, 2.24) is 25.3 Å². The molecule has 2 aliphatic rings. The summed E-state index contributed by atoms with van der Waals surface area (Å²) in [4.78, 5) is 33.5. The Morgan fingerprint density at radius 2 is 1.83 bits per heavy atom. The molecule has 2 aromatic rings. The minimum absolute atomic E-state index is 0.0588. The maximum absolute atomic E-state index is 14.0.